The van der Waals surface area contributed by atoms with Crippen LogP contribution in [0.15, 0.2) is 29.2 Å². The van der Waals surface area contributed by atoms with Gasteiger partial charge in [0.05, 0.1) is 5.56 Å². The third-order valence-electron chi connectivity index (χ3n) is 3.17. The first kappa shape index (κ1) is 13.9. The summed E-state index contributed by atoms with van der Waals surface area (Å²) in [6, 6.07) is 7.73. The van der Waals surface area contributed by atoms with Crippen molar-refractivity contribution in [3.8, 4) is 0 Å². The van der Waals surface area contributed by atoms with Crippen LogP contribution < -0.4 is 0 Å². The van der Waals surface area contributed by atoms with Gasteiger partial charge in [0.2, 0.25) is 6.41 Å². The zero-order valence-electron chi connectivity index (χ0n) is 11.0. The van der Waals surface area contributed by atoms with Crippen molar-refractivity contribution in [2.75, 3.05) is 31.9 Å². The summed E-state index contributed by atoms with van der Waals surface area (Å²) >= 11 is 1.69. The van der Waals surface area contributed by atoms with Gasteiger partial charge in [-0.15, -0.1) is 11.8 Å². The molecule has 0 bridgehead atoms. The predicted octanol–water partition coefficient (Wildman–Crippen LogP) is 1.71. The Morgan fingerprint density at radius 3 is 2.58 bits per heavy atom. The van der Waals surface area contributed by atoms with Crippen LogP contribution in [0.4, 0.5) is 0 Å². The SMILES string of the molecule is CCSc1ccccc1C(=O)N1CCN(C=O)CC1. The minimum absolute atomic E-state index is 0.0714. The first-order chi connectivity index (χ1) is 9.26. The van der Waals surface area contributed by atoms with E-state index in [9.17, 15) is 9.59 Å². The second-order valence-corrected chi connectivity index (χ2v) is 5.67. The molecule has 5 heteroatoms. The molecular formula is C14H18N2O2S. The summed E-state index contributed by atoms with van der Waals surface area (Å²) in [4.78, 5) is 27.7. The maximum atomic E-state index is 12.5. The average Bonchev–Trinajstić information content (AvgIpc) is 2.47. The summed E-state index contributed by atoms with van der Waals surface area (Å²) in [5, 5.41) is 0. The molecule has 0 saturated carbocycles. The van der Waals surface area contributed by atoms with Crippen molar-refractivity contribution in [1.29, 1.82) is 0 Å². The first-order valence-corrected chi connectivity index (χ1v) is 7.45. The molecule has 1 heterocycles. The molecule has 0 atom stereocenters. The molecule has 0 N–H and O–H groups in total. The van der Waals surface area contributed by atoms with Crippen LogP contribution in [-0.2, 0) is 4.79 Å². The van der Waals surface area contributed by atoms with E-state index in [1.54, 1.807) is 16.7 Å². The highest BCUT2D eigenvalue weighted by Crippen LogP contribution is 2.23. The molecule has 1 fully saturated rings. The zero-order valence-corrected chi connectivity index (χ0v) is 11.9. The Bertz CT molecular complexity index is 457. The molecule has 0 aliphatic carbocycles. The molecule has 2 amide bonds. The molecule has 19 heavy (non-hydrogen) atoms. The Hall–Kier alpha value is -1.49. The number of carbonyl (C=O) groups is 2. The van der Waals surface area contributed by atoms with Gasteiger partial charge in [0.1, 0.15) is 0 Å². The minimum atomic E-state index is 0.0714. The van der Waals surface area contributed by atoms with Gasteiger partial charge < -0.3 is 9.80 Å². The molecule has 1 aliphatic rings. The lowest BCUT2D eigenvalue weighted by molar-refractivity contribution is -0.119. The average molecular weight is 278 g/mol. The Labute approximate surface area is 117 Å². The summed E-state index contributed by atoms with van der Waals surface area (Å²) in [7, 11) is 0. The van der Waals surface area contributed by atoms with E-state index in [0.717, 1.165) is 22.6 Å². The molecule has 1 aliphatic heterocycles. The van der Waals surface area contributed by atoms with Gasteiger partial charge >= 0.3 is 0 Å². The van der Waals surface area contributed by atoms with E-state index in [1.165, 1.54) is 0 Å². The topological polar surface area (TPSA) is 40.6 Å². The van der Waals surface area contributed by atoms with Crippen molar-refractivity contribution in [1.82, 2.24) is 9.80 Å². The molecule has 0 radical (unpaired) electrons. The van der Waals surface area contributed by atoms with Crippen LogP contribution in [0.2, 0.25) is 0 Å². The van der Waals surface area contributed by atoms with E-state index < -0.39 is 0 Å². The Morgan fingerprint density at radius 1 is 1.26 bits per heavy atom. The van der Waals surface area contributed by atoms with E-state index in [4.69, 9.17) is 0 Å². The molecule has 1 aromatic rings. The van der Waals surface area contributed by atoms with Crippen LogP contribution in [-0.4, -0.2) is 54.0 Å². The van der Waals surface area contributed by atoms with E-state index >= 15 is 0 Å². The maximum absolute atomic E-state index is 12.5. The lowest BCUT2D eigenvalue weighted by atomic mass is 10.2. The van der Waals surface area contributed by atoms with Crippen molar-refractivity contribution in [2.24, 2.45) is 0 Å². The Morgan fingerprint density at radius 2 is 1.95 bits per heavy atom. The van der Waals surface area contributed by atoms with Gasteiger partial charge in [0.25, 0.3) is 5.91 Å². The van der Waals surface area contributed by atoms with Crippen LogP contribution in [0.5, 0.6) is 0 Å². The fraction of sp³-hybridized carbons (Fsp3) is 0.429. The third-order valence-corrected chi connectivity index (χ3v) is 4.12. The van der Waals surface area contributed by atoms with E-state index in [0.29, 0.717) is 26.2 Å². The van der Waals surface area contributed by atoms with Gasteiger partial charge in [-0.25, -0.2) is 0 Å². The fourth-order valence-electron chi connectivity index (χ4n) is 2.13. The molecule has 0 aromatic heterocycles. The first-order valence-electron chi connectivity index (χ1n) is 6.46. The summed E-state index contributed by atoms with van der Waals surface area (Å²) < 4.78 is 0. The highest BCUT2D eigenvalue weighted by molar-refractivity contribution is 7.99. The molecule has 102 valence electrons. The standard InChI is InChI=1S/C14H18N2O2S/c1-2-19-13-6-4-3-5-12(13)14(18)16-9-7-15(11-17)8-10-16/h3-6,11H,2,7-10H2,1H3. The lowest BCUT2D eigenvalue weighted by Gasteiger charge is -2.32. The van der Waals surface area contributed by atoms with Crippen LogP contribution in [0.25, 0.3) is 0 Å². The second kappa shape index (κ2) is 6.61. The smallest absolute Gasteiger partial charge is 0.255 e. The monoisotopic (exact) mass is 278 g/mol. The van der Waals surface area contributed by atoms with Gasteiger partial charge in [-0.1, -0.05) is 19.1 Å². The molecule has 2 rings (SSSR count). The fourth-order valence-corrected chi connectivity index (χ4v) is 2.92. The van der Waals surface area contributed by atoms with Crippen LogP contribution in [0.3, 0.4) is 0 Å². The van der Waals surface area contributed by atoms with Crippen molar-refractivity contribution < 1.29 is 9.59 Å². The number of amides is 2. The Kier molecular flexibility index (Phi) is 4.85. The Balaban J connectivity index is 2.09. The van der Waals surface area contributed by atoms with Crippen molar-refractivity contribution in [3.05, 3.63) is 29.8 Å². The summed E-state index contributed by atoms with van der Waals surface area (Å²) in [5.74, 6) is 1.02. The number of hydrogen-bond donors (Lipinski definition) is 0. The molecule has 4 nitrogen and oxygen atoms in total. The van der Waals surface area contributed by atoms with Crippen molar-refractivity contribution >= 4 is 24.1 Å². The molecule has 1 saturated heterocycles. The lowest BCUT2D eigenvalue weighted by Crippen LogP contribution is -2.48. The highest BCUT2D eigenvalue weighted by Gasteiger charge is 2.22. The molecular weight excluding hydrogens is 260 g/mol. The summed E-state index contributed by atoms with van der Waals surface area (Å²) in [5.41, 5.74) is 0.772. The minimum Gasteiger partial charge on any atom is -0.342 e. The molecule has 1 aromatic carbocycles. The number of carbonyl (C=O) groups excluding carboxylic acids is 2. The third kappa shape index (κ3) is 3.29. The van der Waals surface area contributed by atoms with Crippen LogP contribution in [0, 0.1) is 0 Å². The van der Waals surface area contributed by atoms with E-state index in [2.05, 4.69) is 6.92 Å². The maximum Gasteiger partial charge on any atom is 0.255 e. The summed E-state index contributed by atoms with van der Waals surface area (Å²) in [6.45, 7) is 4.55. The van der Waals surface area contributed by atoms with Gasteiger partial charge in [0.15, 0.2) is 0 Å². The van der Waals surface area contributed by atoms with Crippen molar-refractivity contribution in [2.45, 2.75) is 11.8 Å². The highest BCUT2D eigenvalue weighted by atomic mass is 32.2. The van der Waals surface area contributed by atoms with Gasteiger partial charge in [-0.3, -0.25) is 9.59 Å². The predicted molar refractivity (Wildman–Crippen MR) is 76.4 cm³/mol. The largest absolute Gasteiger partial charge is 0.342 e. The number of benzene rings is 1. The van der Waals surface area contributed by atoms with Gasteiger partial charge in [-0.05, 0) is 17.9 Å². The van der Waals surface area contributed by atoms with Crippen LogP contribution in [0.1, 0.15) is 17.3 Å². The van der Waals surface area contributed by atoms with Crippen molar-refractivity contribution in [3.63, 3.8) is 0 Å². The molecule has 0 unspecified atom stereocenters. The van der Waals surface area contributed by atoms with Gasteiger partial charge in [-0.2, -0.15) is 0 Å². The number of piperazine rings is 1. The molecule has 0 spiro atoms. The van der Waals surface area contributed by atoms with E-state index in [-0.39, 0.29) is 5.91 Å². The number of rotatable bonds is 4. The number of thioether (sulfide) groups is 1. The van der Waals surface area contributed by atoms with Gasteiger partial charge in [0, 0.05) is 31.1 Å². The van der Waals surface area contributed by atoms with E-state index in [1.807, 2.05) is 29.2 Å². The normalized spacial score (nSPS) is 15.4. The number of hydrogen-bond acceptors (Lipinski definition) is 3. The zero-order chi connectivity index (χ0) is 13.7. The van der Waals surface area contributed by atoms with Crippen LogP contribution >= 0.6 is 11.8 Å². The quantitative estimate of drug-likeness (QED) is 0.622. The summed E-state index contributed by atoms with van der Waals surface area (Å²) in [6.07, 6.45) is 0.850. The number of nitrogens with zero attached hydrogens (tertiary/aromatic N) is 2. The second-order valence-electron chi connectivity index (χ2n) is 4.36.